The Labute approximate surface area is 119 Å². The van der Waals surface area contributed by atoms with Gasteiger partial charge in [-0.2, -0.15) is 0 Å². The van der Waals surface area contributed by atoms with Gasteiger partial charge in [-0.1, -0.05) is 36.4 Å². The molecule has 2 aromatic rings. The Morgan fingerprint density at radius 2 is 1.74 bits per heavy atom. The molecule has 0 aliphatic carbocycles. The van der Waals surface area contributed by atoms with Gasteiger partial charge in [-0.25, -0.2) is 8.78 Å². The lowest BCUT2D eigenvalue weighted by atomic mass is 9.99. The van der Waals surface area contributed by atoms with E-state index in [-0.39, 0.29) is 10.5 Å². The van der Waals surface area contributed by atoms with Crippen LogP contribution in [-0.4, -0.2) is 0 Å². The maximum atomic E-state index is 13.4. The Morgan fingerprint density at radius 3 is 2.42 bits per heavy atom. The number of halogens is 3. The molecular weight excluding hydrogens is 312 g/mol. The van der Waals surface area contributed by atoms with Gasteiger partial charge in [-0.15, -0.1) is 0 Å². The number of aryl methyl sites for hydroxylation is 1. The molecule has 2 rings (SSSR count). The normalized spacial score (nSPS) is 12.4. The van der Waals surface area contributed by atoms with Crippen molar-refractivity contribution in [3.05, 3.63) is 69.7 Å². The second-order valence-corrected chi connectivity index (χ2v) is 5.19. The third-order valence-electron chi connectivity index (χ3n) is 3.05. The second kappa shape index (κ2) is 6.26. The highest BCUT2D eigenvalue weighted by Crippen LogP contribution is 2.28. The van der Waals surface area contributed by atoms with Crippen LogP contribution in [0, 0.1) is 11.6 Å². The lowest BCUT2D eigenvalue weighted by Gasteiger charge is -2.14. The predicted octanol–water partition coefficient (Wildman–Crippen LogP) is 4.36. The molecule has 1 atom stereocenters. The van der Waals surface area contributed by atoms with Crippen LogP contribution in [0.1, 0.15) is 23.6 Å². The lowest BCUT2D eigenvalue weighted by Crippen LogP contribution is -2.13. The van der Waals surface area contributed by atoms with Crippen LogP contribution in [0.15, 0.2) is 46.9 Å². The Bertz CT molecular complexity index is 558. The highest BCUT2D eigenvalue weighted by atomic mass is 79.9. The van der Waals surface area contributed by atoms with Crippen LogP contribution < -0.4 is 5.73 Å². The zero-order chi connectivity index (χ0) is 13.8. The van der Waals surface area contributed by atoms with Crippen molar-refractivity contribution < 1.29 is 8.78 Å². The van der Waals surface area contributed by atoms with Gasteiger partial charge in [0.15, 0.2) is 11.6 Å². The maximum Gasteiger partial charge on any atom is 0.173 e. The Hall–Kier alpha value is -1.26. The van der Waals surface area contributed by atoms with Crippen LogP contribution in [0.4, 0.5) is 8.78 Å². The van der Waals surface area contributed by atoms with E-state index in [4.69, 9.17) is 5.73 Å². The molecule has 1 unspecified atom stereocenters. The Morgan fingerprint density at radius 1 is 1.05 bits per heavy atom. The number of rotatable bonds is 4. The molecule has 100 valence electrons. The van der Waals surface area contributed by atoms with Gasteiger partial charge >= 0.3 is 0 Å². The molecule has 0 aliphatic rings. The summed E-state index contributed by atoms with van der Waals surface area (Å²) in [6, 6.07) is 12.2. The first-order valence-electron chi connectivity index (χ1n) is 6.02. The minimum absolute atomic E-state index is 0.119. The van der Waals surface area contributed by atoms with Crippen molar-refractivity contribution in [2.75, 3.05) is 0 Å². The molecule has 0 aromatic heterocycles. The molecule has 0 aliphatic heterocycles. The van der Waals surface area contributed by atoms with E-state index in [9.17, 15) is 8.78 Å². The van der Waals surface area contributed by atoms with Gasteiger partial charge in [0, 0.05) is 6.04 Å². The summed E-state index contributed by atoms with van der Waals surface area (Å²) in [5.41, 5.74) is 7.81. The van der Waals surface area contributed by atoms with Gasteiger partial charge in [0.1, 0.15) is 0 Å². The van der Waals surface area contributed by atoms with E-state index >= 15 is 0 Å². The number of benzene rings is 2. The van der Waals surface area contributed by atoms with Crippen molar-refractivity contribution >= 4 is 15.9 Å². The zero-order valence-corrected chi connectivity index (χ0v) is 11.8. The van der Waals surface area contributed by atoms with Crippen LogP contribution in [0.5, 0.6) is 0 Å². The monoisotopic (exact) mass is 325 g/mol. The largest absolute Gasteiger partial charge is 0.324 e. The number of hydrogen-bond donors (Lipinski definition) is 1. The molecule has 0 radical (unpaired) electrons. The Balaban J connectivity index is 2.08. The Kier molecular flexibility index (Phi) is 4.66. The quantitative estimate of drug-likeness (QED) is 0.830. The minimum Gasteiger partial charge on any atom is -0.324 e. The van der Waals surface area contributed by atoms with Crippen molar-refractivity contribution in [2.24, 2.45) is 5.73 Å². The summed E-state index contributed by atoms with van der Waals surface area (Å²) < 4.78 is 26.6. The smallest absolute Gasteiger partial charge is 0.173 e. The molecular formula is C15H14BrF2N. The summed E-state index contributed by atoms with van der Waals surface area (Å²) in [4.78, 5) is 0. The summed E-state index contributed by atoms with van der Waals surface area (Å²) in [6.07, 6.45) is 1.47. The molecule has 0 bridgehead atoms. The van der Waals surface area contributed by atoms with Gasteiger partial charge in [-0.3, -0.25) is 0 Å². The van der Waals surface area contributed by atoms with Crippen molar-refractivity contribution in [2.45, 2.75) is 18.9 Å². The van der Waals surface area contributed by atoms with Crippen LogP contribution in [0.2, 0.25) is 0 Å². The summed E-state index contributed by atoms with van der Waals surface area (Å²) >= 11 is 3.06. The first-order chi connectivity index (χ1) is 9.09. The molecule has 0 saturated carbocycles. The molecule has 0 heterocycles. The van der Waals surface area contributed by atoms with Crippen LogP contribution in [0.25, 0.3) is 0 Å². The topological polar surface area (TPSA) is 26.0 Å². The minimum atomic E-state index is -0.882. The fourth-order valence-electron chi connectivity index (χ4n) is 1.95. The summed E-state index contributed by atoms with van der Waals surface area (Å²) in [5.74, 6) is -1.75. The van der Waals surface area contributed by atoms with E-state index in [1.54, 1.807) is 0 Å². The van der Waals surface area contributed by atoms with Gasteiger partial charge in [0.25, 0.3) is 0 Å². The van der Waals surface area contributed by atoms with E-state index in [1.165, 1.54) is 11.6 Å². The highest BCUT2D eigenvalue weighted by molar-refractivity contribution is 9.10. The molecule has 4 heteroatoms. The SMILES string of the molecule is NC(CCc1ccccc1)c1ccc(F)c(F)c1Br. The second-order valence-electron chi connectivity index (χ2n) is 4.40. The van der Waals surface area contributed by atoms with Crippen molar-refractivity contribution in [3.8, 4) is 0 Å². The number of nitrogens with two attached hydrogens (primary N) is 1. The van der Waals surface area contributed by atoms with E-state index in [1.807, 2.05) is 30.3 Å². The average molecular weight is 326 g/mol. The van der Waals surface area contributed by atoms with Crippen molar-refractivity contribution in [1.82, 2.24) is 0 Å². The molecule has 2 N–H and O–H groups in total. The van der Waals surface area contributed by atoms with E-state index in [0.717, 1.165) is 12.5 Å². The molecule has 19 heavy (non-hydrogen) atoms. The fourth-order valence-corrected chi connectivity index (χ4v) is 2.57. The first-order valence-corrected chi connectivity index (χ1v) is 6.82. The van der Waals surface area contributed by atoms with Crippen molar-refractivity contribution in [1.29, 1.82) is 0 Å². The van der Waals surface area contributed by atoms with E-state index < -0.39 is 11.6 Å². The number of hydrogen-bond acceptors (Lipinski definition) is 1. The first kappa shape index (κ1) is 14.2. The highest BCUT2D eigenvalue weighted by Gasteiger charge is 2.16. The zero-order valence-electron chi connectivity index (χ0n) is 10.2. The third-order valence-corrected chi connectivity index (χ3v) is 3.86. The third kappa shape index (κ3) is 3.39. The summed E-state index contributed by atoms with van der Waals surface area (Å²) in [5, 5.41) is 0. The lowest BCUT2D eigenvalue weighted by molar-refractivity contribution is 0.498. The molecule has 0 saturated heterocycles. The molecule has 0 spiro atoms. The average Bonchev–Trinajstić information content (AvgIpc) is 2.43. The van der Waals surface area contributed by atoms with E-state index in [2.05, 4.69) is 15.9 Å². The van der Waals surface area contributed by atoms with Crippen LogP contribution in [0.3, 0.4) is 0 Å². The summed E-state index contributed by atoms with van der Waals surface area (Å²) in [7, 11) is 0. The molecule has 1 nitrogen and oxygen atoms in total. The van der Waals surface area contributed by atoms with Crippen molar-refractivity contribution in [3.63, 3.8) is 0 Å². The standard InChI is InChI=1S/C15H14BrF2N/c16-14-11(7-8-12(17)15(14)18)13(19)9-6-10-4-2-1-3-5-10/h1-5,7-8,13H,6,9,19H2. The molecule has 0 amide bonds. The fraction of sp³-hybridized carbons (Fsp3) is 0.200. The van der Waals surface area contributed by atoms with E-state index in [0.29, 0.717) is 12.0 Å². The van der Waals surface area contributed by atoms with Gasteiger partial charge in [0.05, 0.1) is 4.47 Å². The van der Waals surface area contributed by atoms with Crippen LogP contribution >= 0.6 is 15.9 Å². The predicted molar refractivity (Wildman–Crippen MR) is 75.7 cm³/mol. The van der Waals surface area contributed by atoms with Gasteiger partial charge < -0.3 is 5.73 Å². The molecule has 0 fully saturated rings. The van der Waals surface area contributed by atoms with Gasteiger partial charge in [0.2, 0.25) is 0 Å². The van der Waals surface area contributed by atoms with Crippen LogP contribution in [-0.2, 0) is 6.42 Å². The maximum absolute atomic E-state index is 13.4. The van der Waals surface area contributed by atoms with Gasteiger partial charge in [-0.05, 0) is 46.0 Å². The summed E-state index contributed by atoms with van der Waals surface area (Å²) in [6.45, 7) is 0. The molecule has 2 aromatic carbocycles.